The second kappa shape index (κ2) is 4.21. The van der Waals surface area contributed by atoms with Gasteiger partial charge in [-0.15, -0.1) is 11.3 Å². The maximum absolute atomic E-state index is 7.76. The van der Waals surface area contributed by atoms with Crippen LogP contribution in [0.4, 0.5) is 0 Å². The first-order valence-corrected chi connectivity index (χ1v) is 5.80. The van der Waals surface area contributed by atoms with E-state index in [9.17, 15) is 0 Å². The van der Waals surface area contributed by atoms with Crippen LogP contribution in [0.25, 0.3) is 0 Å². The van der Waals surface area contributed by atoms with E-state index in [2.05, 4.69) is 0 Å². The largest absolute Gasteiger partial charge is 0.328 e. The Bertz CT molecular complexity index is 527. The molecular weight excluding hydrogens is 228 g/mol. The zero-order chi connectivity index (χ0) is 10.8. The highest BCUT2D eigenvalue weighted by atomic mass is 35.5. The number of hydrogen-bond donors (Lipinski definition) is 1. The monoisotopic (exact) mass is 238 g/mol. The van der Waals surface area contributed by atoms with Crippen LogP contribution < -0.4 is 5.49 Å². The summed E-state index contributed by atoms with van der Waals surface area (Å²) in [5.74, 6) is 0. The lowest BCUT2D eigenvalue weighted by atomic mass is 10.3. The number of thiophene rings is 1. The van der Waals surface area contributed by atoms with Gasteiger partial charge in [0.2, 0.25) is 0 Å². The van der Waals surface area contributed by atoms with Crippen molar-refractivity contribution in [2.45, 2.75) is 13.5 Å². The van der Waals surface area contributed by atoms with Gasteiger partial charge in [-0.1, -0.05) is 17.7 Å². The van der Waals surface area contributed by atoms with Crippen molar-refractivity contribution < 1.29 is 0 Å². The second-order valence-electron chi connectivity index (χ2n) is 3.43. The van der Waals surface area contributed by atoms with E-state index in [0.717, 1.165) is 16.4 Å². The number of pyridine rings is 1. The lowest BCUT2D eigenvalue weighted by Gasteiger charge is -2.05. The van der Waals surface area contributed by atoms with Gasteiger partial charge < -0.3 is 4.57 Å². The van der Waals surface area contributed by atoms with Gasteiger partial charge >= 0.3 is 0 Å². The molecule has 0 saturated heterocycles. The standard InChI is InChI=1S/C11H11ClN2S/c1-8-2-5-11(13)14(6-8)7-9-3-4-10(12)15-9/h2-6,13H,7H2,1H3. The van der Waals surface area contributed by atoms with Crippen LogP contribution in [0.5, 0.6) is 0 Å². The molecular formula is C11H11ClN2S. The van der Waals surface area contributed by atoms with Gasteiger partial charge in [-0.2, -0.15) is 0 Å². The van der Waals surface area contributed by atoms with Gasteiger partial charge in [0.1, 0.15) is 5.49 Å². The summed E-state index contributed by atoms with van der Waals surface area (Å²) >= 11 is 7.42. The molecule has 0 aromatic carbocycles. The van der Waals surface area contributed by atoms with Crippen molar-refractivity contribution in [2.75, 3.05) is 0 Å². The van der Waals surface area contributed by atoms with Crippen LogP contribution >= 0.6 is 22.9 Å². The third-order valence-electron chi connectivity index (χ3n) is 2.13. The molecule has 0 saturated carbocycles. The third kappa shape index (κ3) is 2.49. The summed E-state index contributed by atoms with van der Waals surface area (Å²) in [5, 5.41) is 7.76. The highest BCUT2D eigenvalue weighted by molar-refractivity contribution is 7.16. The number of hydrogen-bond acceptors (Lipinski definition) is 2. The van der Waals surface area contributed by atoms with Crippen LogP contribution in [0.2, 0.25) is 4.34 Å². The zero-order valence-corrected chi connectivity index (χ0v) is 9.90. The molecule has 0 aliphatic heterocycles. The lowest BCUT2D eigenvalue weighted by molar-refractivity contribution is 0.735. The Balaban J connectivity index is 2.31. The first-order valence-electron chi connectivity index (χ1n) is 4.61. The Morgan fingerprint density at radius 3 is 2.80 bits per heavy atom. The van der Waals surface area contributed by atoms with Gasteiger partial charge in [-0.25, -0.2) is 0 Å². The molecule has 0 atom stereocenters. The molecule has 2 aromatic heterocycles. The number of halogens is 1. The minimum atomic E-state index is 0.519. The van der Waals surface area contributed by atoms with Crippen molar-refractivity contribution >= 4 is 22.9 Å². The van der Waals surface area contributed by atoms with E-state index < -0.39 is 0 Å². The zero-order valence-electron chi connectivity index (χ0n) is 8.33. The van der Waals surface area contributed by atoms with Gasteiger partial charge in [0.05, 0.1) is 10.9 Å². The maximum atomic E-state index is 7.76. The number of rotatable bonds is 2. The summed E-state index contributed by atoms with van der Waals surface area (Å²) in [6.07, 6.45) is 1.98. The highest BCUT2D eigenvalue weighted by Crippen LogP contribution is 2.21. The topological polar surface area (TPSA) is 28.8 Å². The summed E-state index contributed by atoms with van der Waals surface area (Å²) in [4.78, 5) is 1.17. The van der Waals surface area contributed by atoms with Crippen LogP contribution in [0, 0.1) is 12.3 Å². The van der Waals surface area contributed by atoms with Crippen LogP contribution in [-0.4, -0.2) is 4.57 Å². The molecule has 0 aliphatic rings. The Morgan fingerprint density at radius 2 is 2.13 bits per heavy atom. The summed E-state index contributed by atoms with van der Waals surface area (Å²) in [6.45, 7) is 2.75. The predicted octanol–water partition coefficient (Wildman–Crippen LogP) is 3.04. The Labute approximate surface area is 97.3 Å². The molecule has 0 fully saturated rings. The first-order chi connectivity index (χ1) is 7.15. The molecule has 2 heterocycles. The van der Waals surface area contributed by atoms with Gasteiger partial charge in [-0.05, 0) is 30.7 Å². The molecule has 15 heavy (non-hydrogen) atoms. The van der Waals surface area contributed by atoms with Gasteiger partial charge in [0.25, 0.3) is 0 Å². The fourth-order valence-corrected chi connectivity index (χ4v) is 2.49. The number of aromatic nitrogens is 1. The minimum absolute atomic E-state index is 0.519. The van der Waals surface area contributed by atoms with Gasteiger partial charge in [0.15, 0.2) is 0 Å². The first kappa shape index (κ1) is 10.5. The van der Waals surface area contributed by atoms with Crippen molar-refractivity contribution in [3.63, 3.8) is 0 Å². The van der Waals surface area contributed by atoms with Crippen molar-refractivity contribution in [2.24, 2.45) is 0 Å². The summed E-state index contributed by atoms with van der Waals surface area (Å²) < 4.78 is 2.71. The molecule has 1 N–H and O–H groups in total. The van der Waals surface area contributed by atoms with Crippen LogP contribution in [0.1, 0.15) is 10.4 Å². The summed E-state index contributed by atoms with van der Waals surface area (Å²) in [5.41, 5.74) is 1.68. The Hall–Kier alpha value is -1.06. The number of aryl methyl sites for hydroxylation is 1. The minimum Gasteiger partial charge on any atom is -0.328 e. The fraction of sp³-hybridized carbons (Fsp3) is 0.182. The summed E-state index contributed by atoms with van der Waals surface area (Å²) in [6, 6.07) is 7.65. The second-order valence-corrected chi connectivity index (χ2v) is 5.23. The Kier molecular flexibility index (Phi) is 2.93. The smallest absolute Gasteiger partial charge is 0.124 e. The van der Waals surface area contributed by atoms with E-state index in [1.54, 1.807) is 11.3 Å². The van der Waals surface area contributed by atoms with Crippen LogP contribution in [0.15, 0.2) is 30.5 Å². The fourth-order valence-electron chi connectivity index (χ4n) is 1.40. The van der Waals surface area contributed by atoms with Crippen molar-refractivity contribution in [3.05, 3.63) is 50.7 Å². The number of nitrogens with one attached hydrogen (secondary N) is 1. The molecule has 2 nitrogen and oxygen atoms in total. The van der Waals surface area contributed by atoms with E-state index in [-0.39, 0.29) is 0 Å². The van der Waals surface area contributed by atoms with E-state index >= 15 is 0 Å². The van der Waals surface area contributed by atoms with E-state index in [4.69, 9.17) is 17.0 Å². The molecule has 0 bridgehead atoms. The number of nitrogens with zero attached hydrogens (tertiary/aromatic N) is 1. The Morgan fingerprint density at radius 1 is 1.33 bits per heavy atom. The van der Waals surface area contributed by atoms with Gasteiger partial charge in [-0.3, -0.25) is 5.41 Å². The molecule has 0 amide bonds. The lowest BCUT2D eigenvalue weighted by Crippen LogP contribution is -2.18. The quantitative estimate of drug-likeness (QED) is 0.834. The predicted molar refractivity (Wildman–Crippen MR) is 63.5 cm³/mol. The van der Waals surface area contributed by atoms with E-state index in [1.807, 2.05) is 42.0 Å². The van der Waals surface area contributed by atoms with Crippen LogP contribution in [-0.2, 0) is 6.54 Å². The highest BCUT2D eigenvalue weighted by Gasteiger charge is 1.99. The van der Waals surface area contributed by atoms with Crippen molar-refractivity contribution in [1.82, 2.24) is 4.57 Å². The summed E-state index contributed by atoms with van der Waals surface area (Å²) in [7, 11) is 0. The SMILES string of the molecule is Cc1ccc(=N)n(Cc2ccc(Cl)s2)c1. The molecule has 0 spiro atoms. The average molecular weight is 239 g/mol. The molecule has 4 heteroatoms. The molecule has 78 valence electrons. The maximum Gasteiger partial charge on any atom is 0.124 e. The molecule has 0 unspecified atom stereocenters. The molecule has 0 aliphatic carbocycles. The van der Waals surface area contributed by atoms with E-state index in [0.29, 0.717) is 5.49 Å². The third-order valence-corrected chi connectivity index (χ3v) is 3.34. The van der Waals surface area contributed by atoms with E-state index in [1.165, 1.54) is 4.88 Å². The average Bonchev–Trinajstić information content (AvgIpc) is 2.58. The van der Waals surface area contributed by atoms with Crippen molar-refractivity contribution in [1.29, 1.82) is 5.41 Å². The normalized spacial score (nSPS) is 10.5. The van der Waals surface area contributed by atoms with Gasteiger partial charge in [0, 0.05) is 11.1 Å². The van der Waals surface area contributed by atoms with Crippen LogP contribution in [0.3, 0.4) is 0 Å². The molecule has 0 radical (unpaired) electrons. The molecule has 2 rings (SSSR count). The molecule has 2 aromatic rings. The van der Waals surface area contributed by atoms with Crippen molar-refractivity contribution in [3.8, 4) is 0 Å².